The summed E-state index contributed by atoms with van der Waals surface area (Å²) in [6.07, 6.45) is -2.26. The summed E-state index contributed by atoms with van der Waals surface area (Å²) in [7, 11) is 3.20. The first-order valence-corrected chi connectivity index (χ1v) is 10.8. The van der Waals surface area contributed by atoms with Gasteiger partial charge in [-0.05, 0) is 43.3 Å². The quantitative estimate of drug-likeness (QED) is 0.396. The summed E-state index contributed by atoms with van der Waals surface area (Å²) < 4.78 is 18.1. The number of nitrogens with zero attached hydrogens (tertiary/aromatic N) is 4. The number of ether oxygens (including phenoxy) is 3. The average Bonchev–Trinajstić information content (AvgIpc) is 3.38. The molecule has 0 amide bonds. The van der Waals surface area contributed by atoms with E-state index >= 15 is 0 Å². The number of nitrogens with one attached hydrogen (secondary N) is 1. The Balaban J connectivity index is 1.70. The number of methoxy groups -OCH3 is 2. The Kier molecular flexibility index (Phi) is 5.78. The maximum Gasteiger partial charge on any atom is 0.181 e. The second-order valence-corrected chi connectivity index (χ2v) is 7.98. The van der Waals surface area contributed by atoms with Gasteiger partial charge in [-0.1, -0.05) is 12.1 Å². The van der Waals surface area contributed by atoms with E-state index in [-0.39, 0.29) is 0 Å². The molecule has 0 radical (unpaired) electrons. The second-order valence-electron chi connectivity index (χ2n) is 7.98. The van der Waals surface area contributed by atoms with Gasteiger partial charge in [0, 0.05) is 5.56 Å². The van der Waals surface area contributed by atoms with E-state index in [1.54, 1.807) is 21.1 Å². The third-order valence-electron chi connectivity index (χ3n) is 5.93. The van der Waals surface area contributed by atoms with Gasteiger partial charge in [0.05, 0.1) is 31.4 Å². The Hall–Kier alpha value is -3.73. The molecule has 1 saturated heterocycles. The van der Waals surface area contributed by atoms with Crippen LogP contribution in [0.15, 0.2) is 54.9 Å². The monoisotopic (exact) mass is 463 g/mol. The highest BCUT2D eigenvalue weighted by atomic mass is 16.6. The Morgan fingerprint density at radius 3 is 2.41 bits per heavy atom. The fourth-order valence-electron chi connectivity index (χ4n) is 4.10. The summed E-state index contributed by atoms with van der Waals surface area (Å²) in [4.78, 5) is 8.93. The molecule has 3 heterocycles. The van der Waals surface area contributed by atoms with Crippen molar-refractivity contribution in [3.8, 4) is 22.8 Å². The van der Waals surface area contributed by atoms with Crippen LogP contribution in [0.2, 0.25) is 0 Å². The van der Waals surface area contributed by atoms with Gasteiger partial charge >= 0.3 is 0 Å². The van der Waals surface area contributed by atoms with Crippen molar-refractivity contribution in [3.63, 3.8) is 0 Å². The van der Waals surface area contributed by atoms with E-state index in [4.69, 9.17) is 19.3 Å². The van der Waals surface area contributed by atoms with E-state index < -0.39 is 24.5 Å². The number of aliphatic hydroxyl groups is 2. The molecule has 0 aliphatic carbocycles. The van der Waals surface area contributed by atoms with Crippen LogP contribution in [0.5, 0.6) is 11.5 Å². The van der Waals surface area contributed by atoms with E-state index in [1.807, 2.05) is 48.5 Å². The number of aliphatic hydroxyl groups excluding tert-OH is 2. The van der Waals surface area contributed by atoms with Gasteiger partial charge in [0.2, 0.25) is 0 Å². The molecule has 3 N–H and O–H groups in total. The molecule has 1 aliphatic heterocycles. The topological polar surface area (TPSA) is 124 Å². The Labute approximate surface area is 195 Å². The van der Waals surface area contributed by atoms with Gasteiger partial charge in [-0.25, -0.2) is 14.6 Å². The number of anilines is 2. The van der Waals surface area contributed by atoms with Gasteiger partial charge in [0.15, 0.2) is 11.9 Å². The van der Waals surface area contributed by atoms with Crippen molar-refractivity contribution < 1.29 is 24.4 Å². The standard InChI is InChI=1S/C24H25N5O5/c1-13-20(30)21(31)24(34-13)29-23-18(19(28-29)14-8-10-15(32-2)11-9-14)22(25-12-26-23)27-16-6-4-5-7-17(16)33-3/h4-13,20-21,24,30-31H,1-3H3,(H,25,26,27)/t13-,20-,21-,24-/m1/s1. The molecule has 2 aromatic heterocycles. The molecule has 0 spiro atoms. The molecule has 5 rings (SSSR count). The average molecular weight is 463 g/mol. The zero-order valence-corrected chi connectivity index (χ0v) is 18.9. The zero-order valence-electron chi connectivity index (χ0n) is 18.9. The highest BCUT2D eigenvalue weighted by Gasteiger charge is 2.43. The molecular formula is C24H25N5O5. The third-order valence-corrected chi connectivity index (χ3v) is 5.93. The van der Waals surface area contributed by atoms with Gasteiger partial charge < -0.3 is 29.7 Å². The maximum absolute atomic E-state index is 10.6. The molecule has 10 nitrogen and oxygen atoms in total. The van der Waals surface area contributed by atoms with Crippen LogP contribution < -0.4 is 14.8 Å². The minimum Gasteiger partial charge on any atom is -0.497 e. The molecule has 0 bridgehead atoms. The second kappa shape index (κ2) is 8.90. The number of rotatable bonds is 6. The lowest BCUT2D eigenvalue weighted by atomic mass is 10.1. The fraction of sp³-hybridized carbons (Fsp3) is 0.292. The first-order chi connectivity index (χ1) is 16.5. The minimum atomic E-state index is -1.16. The lowest BCUT2D eigenvalue weighted by Crippen LogP contribution is -2.30. The minimum absolute atomic E-state index is 0.448. The van der Waals surface area contributed by atoms with Crippen molar-refractivity contribution in [1.82, 2.24) is 19.7 Å². The van der Waals surface area contributed by atoms with E-state index in [0.717, 1.165) is 11.3 Å². The van der Waals surface area contributed by atoms with Crippen LogP contribution in [-0.4, -0.2) is 62.5 Å². The van der Waals surface area contributed by atoms with Crippen LogP contribution in [0.4, 0.5) is 11.5 Å². The zero-order chi connectivity index (χ0) is 23.8. The van der Waals surface area contributed by atoms with Gasteiger partial charge in [-0.2, -0.15) is 5.10 Å². The van der Waals surface area contributed by atoms with E-state index in [1.165, 1.54) is 11.0 Å². The number of para-hydroxylation sites is 2. The van der Waals surface area contributed by atoms with Crippen molar-refractivity contribution in [2.24, 2.45) is 0 Å². The van der Waals surface area contributed by atoms with Crippen molar-refractivity contribution in [2.75, 3.05) is 19.5 Å². The van der Waals surface area contributed by atoms with Gasteiger partial charge in [-0.3, -0.25) is 0 Å². The lowest BCUT2D eigenvalue weighted by Gasteiger charge is -2.15. The van der Waals surface area contributed by atoms with Crippen LogP contribution in [0.3, 0.4) is 0 Å². The summed E-state index contributed by atoms with van der Waals surface area (Å²) in [5, 5.41) is 29.6. The van der Waals surface area contributed by atoms with Crippen molar-refractivity contribution in [1.29, 1.82) is 0 Å². The highest BCUT2D eigenvalue weighted by Crippen LogP contribution is 2.38. The van der Waals surface area contributed by atoms with Crippen LogP contribution in [0.1, 0.15) is 13.2 Å². The summed E-state index contributed by atoms with van der Waals surface area (Å²) in [5.41, 5.74) is 2.55. The number of hydrogen-bond donors (Lipinski definition) is 3. The molecular weight excluding hydrogens is 438 g/mol. The Morgan fingerprint density at radius 1 is 0.971 bits per heavy atom. The molecule has 1 aliphatic rings. The summed E-state index contributed by atoms with van der Waals surface area (Å²) in [6.45, 7) is 1.70. The molecule has 0 unspecified atom stereocenters. The van der Waals surface area contributed by atoms with Gasteiger partial charge in [0.25, 0.3) is 0 Å². The van der Waals surface area contributed by atoms with Crippen molar-refractivity contribution >= 4 is 22.5 Å². The van der Waals surface area contributed by atoms with Crippen molar-refractivity contribution in [3.05, 3.63) is 54.9 Å². The molecule has 1 fully saturated rings. The summed E-state index contributed by atoms with van der Waals surface area (Å²) >= 11 is 0. The van der Waals surface area contributed by atoms with Crippen LogP contribution >= 0.6 is 0 Å². The molecule has 2 aromatic carbocycles. The fourth-order valence-corrected chi connectivity index (χ4v) is 4.10. The number of aromatic nitrogens is 4. The summed E-state index contributed by atoms with van der Waals surface area (Å²) in [6, 6.07) is 14.9. The van der Waals surface area contributed by atoms with Crippen molar-refractivity contribution in [2.45, 2.75) is 31.5 Å². The first kappa shape index (κ1) is 22.1. The smallest absolute Gasteiger partial charge is 0.181 e. The van der Waals surface area contributed by atoms with E-state index in [9.17, 15) is 10.2 Å². The van der Waals surface area contributed by atoms with E-state index in [2.05, 4.69) is 15.3 Å². The molecule has 176 valence electrons. The number of benzene rings is 2. The van der Waals surface area contributed by atoms with Gasteiger partial charge in [0.1, 0.15) is 41.5 Å². The Morgan fingerprint density at radius 2 is 1.74 bits per heavy atom. The normalized spacial score (nSPS) is 22.1. The third kappa shape index (κ3) is 3.71. The summed E-state index contributed by atoms with van der Waals surface area (Å²) in [5.74, 6) is 1.87. The predicted molar refractivity (Wildman–Crippen MR) is 125 cm³/mol. The molecule has 4 atom stereocenters. The largest absolute Gasteiger partial charge is 0.497 e. The predicted octanol–water partition coefficient (Wildman–Crippen LogP) is 2.89. The molecule has 34 heavy (non-hydrogen) atoms. The van der Waals surface area contributed by atoms with Crippen LogP contribution in [-0.2, 0) is 4.74 Å². The Bertz CT molecular complexity index is 1310. The SMILES string of the molecule is COc1ccc(-c2nn([C@@H]3O[C@H](C)[C@@H](O)[C@H]3O)c3ncnc(Nc4ccccc4OC)c23)cc1. The first-order valence-electron chi connectivity index (χ1n) is 10.8. The van der Waals surface area contributed by atoms with Crippen LogP contribution in [0, 0.1) is 0 Å². The molecule has 10 heteroatoms. The maximum atomic E-state index is 10.6. The number of fused-ring (bicyclic) bond motifs is 1. The van der Waals surface area contributed by atoms with Crippen LogP contribution in [0.25, 0.3) is 22.3 Å². The highest BCUT2D eigenvalue weighted by molar-refractivity contribution is 6.00. The van der Waals surface area contributed by atoms with Gasteiger partial charge in [-0.15, -0.1) is 0 Å². The molecule has 4 aromatic rings. The number of hydrogen-bond acceptors (Lipinski definition) is 9. The lowest BCUT2D eigenvalue weighted by molar-refractivity contribution is -0.0370. The molecule has 0 saturated carbocycles. The van der Waals surface area contributed by atoms with E-state index in [0.29, 0.717) is 34.0 Å².